The SMILES string of the molecule is CC(C)(C)c1cc(-c2ccc(-c3nc(Cl)nc(-c4ccccc4)n3)cc2)cc(C(C)(C)C)c1. The predicted octanol–water partition coefficient (Wildman–Crippen LogP) is 8.12. The zero-order valence-electron chi connectivity index (χ0n) is 20.1. The van der Waals surface area contributed by atoms with Gasteiger partial charge in [-0.1, -0.05) is 114 Å². The molecule has 0 N–H and O–H groups in total. The van der Waals surface area contributed by atoms with E-state index in [-0.39, 0.29) is 16.1 Å². The van der Waals surface area contributed by atoms with Gasteiger partial charge in [-0.2, -0.15) is 9.97 Å². The van der Waals surface area contributed by atoms with E-state index in [9.17, 15) is 0 Å². The molecule has 0 bridgehead atoms. The molecule has 0 atom stereocenters. The van der Waals surface area contributed by atoms with Gasteiger partial charge in [0.05, 0.1) is 0 Å². The lowest BCUT2D eigenvalue weighted by molar-refractivity contribution is 0.569. The minimum atomic E-state index is 0.0748. The van der Waals surface area contributed by atoms with Gasteiger partial charge >= 0.3 is 0 Å². The summed E-state index contributed by atoms with van der Waals surface area (Å²) < 4.78 is 0. The molecule has 0 aliphatic heterocycles. The van der Waals surface area contributed by atoms with Crippen LogP contribution in [0, 0.1) is 0 Å². The van der Waals surface area contributed by atoms with Crippen molar-refractivity contribution >= 4 is 11.6 Å². The molecular weight excluding hydrogens is 426 g/mol. The maximum atomic E-state index is 6.23. The molecule has 1 heterocycles. The van der Waals surface area contributed by atoms with Crippen LogP contribution in [0.15, 0.2) is 72.8 Å². The molecule has 0 aliphatic carbocycles. The Morgan fingerprint density at radius 1 is 0.515 bits per heavy atom. The van der Waals surface area contributed by atoms with E-state index in [1.54, 1.807) is 0 Å². The van der Waals surface area contributed by atoms with Crippen LogP contribution in [0.3, 0.4) is 0 Å². The molecule has 0 saturated heterocycles. The third-order valence-corrected chi connectivity index (χ3v) is 5.95. The van der Waals surface area contributed by atoms with Crippen LogP contribution in [0.5, 0.6) is 0 Å². The third kappa shape index (κ3) is 5.31. The number of halogens is 1. The summed E-state index contributed by atoms with van der Waals surface area (Å²) in [6, 6.07) is 25.1. The second-order valence-corrected chi connectivity index (χ2v) is 10.8. The number of hydrogen-bond donors (Lipinski definition) is 0. The van der Waals surface area contributed by atoms with Gasteiger partial charge in [0, 0.05) is 11.1 Å². The van der Waals surface area contributed by atoms with Crippen LogP contribution in [0.25, 0.3) is 33.9 Å². The number of hydrogen-bond acceptors (Lipinski definition) is 3. The summed E-state index contributed by atoms with van der Waals surface area (Å²) in [4.78, 5) is 13.3. The van der Waals surface area contributed by atoms with Gasteiger partial charge in [-0.25, -0.2) is 4.98 Å². The minimum absolute atomic E-state index is 0.0748. The molecule has 1 aromatic heterocycles. The van der Waals surface area contributed by atoms with Gasteiger partial charge in [0.15, 0.2) is 11.6 Å². The molecule has 0 radical (unpaired) electrons. The van der Waals surface area contributed by atoms with Crippen LogP contribution >= 0.6 is 11.6 Å². The Hall–Kier alpha value is -3.04. The Balaban J connectivity index is 1.74. The Morgan fingerprint density at radius 3 is 1.45 bits per heavy atom. The van der Waals surface area contributed by atoms with Gasteiger partial charge in [-0.15, -0.1) is 0 Å². The molecule has 4 aromatic rings. The summed E-state index contributed by atoms with van der Waals surface area (Å²) in [6.45, 7) is 13.6. The Kier molecular flexibility index (Phi) is 6.11. The zero-order valence-corrected chi connectivity index (χ0v) is 20.9. The van der Waals surface area contributed by atoms with E-state index < -0.39 is 0 Å². The van der Waals surface area contributed by atoms with E-state index in [1.165, 1.54) is 22.3 Å². The number of rotatable bonds is 3. The minimum Gasteiger partial charge on any atom is -0.208 e. The smallest absolute Gasteiger partial charge is 0.208 e. The van der Waals surface area contributed by atoms with Gasteiger partial charge in [-0.05, 0) is 44.7 Å². The van der Waals surface area contributed by atoms with Crippen LogP contribution in [0.4, 0.5) is 0 Å². The summed E-state index contributed by atoms with van der Waals surface area (Å²) in [5.41, 5.74) is 7.03. The van der Waals surface area contributed by atoms with E-state index >= 15 is 0 Å². The molecule has 3 nitrogen and oxygen atoms in total. The van der Waals surface area contributed by atoms with Crippen molar-refractivity contribution < 1.29 is 0 Å². The maximum absolute atomic E-state index is 6.23. The van der Waals surface area contributed by atoms with Crippen LogP contribution in [0.1, 0.15) is 52.7 Å². The third-order valence-electron chi connectivity index (χ3n) is 5.78. The molecule has 33 heavy (non-hydrogen) atoms. The quantitative estimate of drug-likeness (QED) is 0.313. The van der Waals surface area contributed by atoms with Gasteiger partial charge in [0.1, 0.15) is 0 Å². The topological polar surface area (TPSA) is 38.7 Å². The zero-order chi connectivity index (χ0) is 23.8. The Labute approximate surface area is 201 Å². The number of nitrogens with zero attached hydrogens (tertiary/aromatic N) is 3. The van der Waals surface area contributed by atoms with Crippen molar-refractivity contribution in [2.75, 3.05) is 0 Å². The first kappa shape index (κ1) is 23.1. The van der Waals surface area contributed by atoms with Crippen LogP contribution in [0.2, 0.25) is 5.28 Å². The second-order valence-electron chi connectivity index (χ2n) is 10.5. The molecule has 4 heteroatoms. The number of aromatic nitrogens is 3. The summed E-state index contributed by atoms with van der Waals surface area (Å²) >= 11 is 6.23. The molecule has 168 valence electrons. The largest absolute Gasteiger partial charge is 0.226 e. The van der Waals surface area contributed by atoms with Gasteiger partial charge in [0.2, 0.25) is 5.28 Å². The van der Waals surface area contributed by atoms with E-state index in [0.29, 0.717) is 11.6 Å². The maximum Gasteiger partial charge on any atom is 0.226 e. The van der Waals surface area contributed by atoms with Crippen molar-refractivity contribution in [1.82, 2.24) is 15.0 Å². The first-order valence-corrected chi connectivity index (χ1v) is 11.6. The molecule has 0 unspecified atom stereocenters. The van der Waals surface area contributed by atoms with Crippen LogP contribution in [-0.2, 0) is 10.8 Å². The summed E-state index contributed by atoms with van der Waals surface area (Å²) in [6.07, 6.45) is 0. The van der Waals surface area contributed by atoms with E-state index in [4.69, 9.17) is 11.6 Å². The first-order chi connectivity index (χ1) is 15.5. The fourth-order valence-electron chi connectivity index (χ4n) is 3.67. The average Bonchev–Trinajstić information content (AvgIpc) is 2.78. The molecule has 3 aromatic carbocycles. The van der Waals surface area contributed by atoms with Crippen molar-refractivity contribution in [2.24, 2.45) is 0 Å². The lowest BCUT2D eigenvalue weighted by Crippen LogP contribution is -2.16. The second kappa shape index (κ2) is 8.72. The lowest BCUT2D eigenvalue weighted by atomic mass is 9.79. The molecule has 0 amide bonds. The van der Waals surface area contributed by atoms with Gasteiger partial charge in [-0.3, -0.25) is 0 Å². The van der Waals surface area contributed by atoms with Crippen molar-refractivity contribution in [3.05, 3.63) is 89.2 Å². The average molecular weight is 456 g/mol. The highest BCUT2D eigenvalue weighted by Gasteiger charge is 2.21. The summed E-state index contributed by atoms with van der Waals surface area (Å²) in [5, 5.41) is 0.190. The van der Waals surface area contributed by atoms with E-state index in [2.05, 4.69) is 99.0 Å². The highest BCUT2D eigenvalue weighted by Crippen LogP contribution is 2.34. The molecule has 0 aliphatic rings. The highest BCUT2D eigenvalue weighted by molar-refractivity contribution is 6.28. The predicted molar refractivity (Wildman–Crippen MR) is 139 cm³/mol. The Morgan fingerprint density at radius 2 is 0.970 bits per heavy atom. The van der Waals surface area contributed by atoms with E-state index in [1.807, 2.05) is 30.3 Å². The fourth-order valence-corrected chi connectivity index (χ4v) is 3.83. The van der Waals surface area contributed by atoms with Crippen molar-refractivity contribution in [1.29, 1.82) is 0 Å². The summed E-state index contributed by atoms with van der Waals surface area (Å²) in [7, 11) is 0. The van der Waals surface area contributed by atoms with Gasteiger partial charge < -0.3 is 0 Å². The van der Waals surface area contributed by atoms with Crippen LogP contribution in [-0.4, -0.2) is 15.0 Å². The Bertz CT molecular complexity index is 1230. The molecule has 4 rings (SSSR count). The van der Waals surface area contributed by atoms with Crippen LogP contribution < -0.4 is 0 Å². The van der Waals surface area contributed by atoms with Gasteiger partial charge in [0.25, 0.3) is 0 Å². The summed E-state index contributed by atoms with van der Waals surface area (Å²) in [5.74, 6) is 1.14. The van der Waals surface area contributed by atoms with Crippen molar-refractivity contribution in [2.45, 2.75) is 52.4 Å². The van der Waals surface area contributed by atoms with Crippen molar-refractivity contribution in [3.8, 4) is 33.9 Å². The lowest BCUT2D eigenvalue weighted by Gasteiger charge is -2.26. The molecule has 0 fully saturated rings. The molecule has 0 saturated carbocycles. The fraction of sp³-hybridized carbons (Fsp3) is 0.276. The first-order valence-electron chi connectivity index (χ1n) is 11.2. The highest BCUT2D eigenvalue weighted by atomic mass is 35.5. The standard InChI is InChI=1S/C29H30ClN3/c1-28(2,3)23-16-22(17-24(18-23)29(4,5)6)19-12-14-21(15-13-19)26-31-25(32-27(30)33-26)20-10-8-7-9-11-20/h7-18H,1-6H3. The normalized spacial score (nSPS) is 12.1. The molecule has 0 spiro atoms. The number of benzene rings is 3. The molecular formula is C29H30ClN3. The monoisotopic (exact) mass is 455 g/mol. The van der Waals surface area contributed by atoms with E-state index in [0.717, 1.165) is 11.1 Å². The van der Waals surface area contributed by atoms with Crippen molar-refractivity contribution in [3.63, 3.8) is 0 Å².